The number of hydrogen-bond donors (Lipinski definition) is 3. The summed E-state index contributed by atoms with van der Waals surface area (Å²) in [5.74, 6) is 0.605. The zero-order valence-corrected chi connectivity index (χ0v) is 14.7. The van der Waals surface area contributed by atoms with Gasteiger partial charge in [-0.1, -0.05) is 23.7 Å². The number of benzene rings is 1. The van der Waals surface area contributed by atoms with Crippen LogP contribution in [-0.2, 0) is 6.42 Å². The van der Waals surface area contributed by atoms with E-state index in [1.165, 1.54) is 5.56 Å². The summed E-state index contributed by atoms with van der Waals surface area (Å²) in [5, 5.41) is 18.0. The zero-order chi connectivity index (χ0) is 17.2. The lowest BCUT2D eigenvalue weighted by molar-refractivity contribution is -0.0115. The van der Waals surface area contributed by atoms with Gasteiger partial charge in [0.15, 0.2) is 0 Å². The first kappa shape index (κ1) is 16.6. The molecule has 6 nitrogen and oxygen atoms in total. The third-order valence-corrected chi connectivity index (χ3v) is 5.17. The average molecular weight is 360 g/mol. The van der Waals surface area contributed by atoms with Crippen LogP contribution in [0.25, 0.3) is 0 Å². The summed E-state index contributed by atoms with van der Waals surface area (Å²) >= 11 is 5.81. The molecule has 2 aromatic rings. The Bertz CT molecular complexity index is 731. The van der Waals surface area contributed by atoms with Crippen molar-refractivity contribution < 1.29 is 5.11 Å². The minimum atomic E-state index is -0.555. The highest BCUT2D eigenvalue weighted by molar-refractivity contribution is 6.30. The fourth-order valence-electron chi connectivity index (χ4n) is 3.54. The Hall–Kier alpha value is -1.89. The molecule has 3 N–H and O–H groups in total. The molecule has 0 radical (unpaired) electrons. The standard InChI is InChI=1S/C18H22ClN5O/c19-14-10-21-18(22-11-14)23-15-4-7-24(8-5-15)17(25)13-2-1-12-3-6-20-16(12)9-13/h1-2,9-11,15,17,20,25H,3-8H2,(H,21,22,23). The Kier molecular flexibility index (Phi) is 4.74. The van der Waals surface area contributed by atoms with E-state index in [0.29, 0.717) is 17.0 Å². The Morgan fingerprint density at radius 2 is 2.00 bits per heavy atom. The van der Waals surface area contributed by atoms with Crippen LogP contribution < -0.4 is 10.6 Å². The maximum atomic E-state index is 10.7. The topological polar surface area (TPSA) is 73.3 Å². The van der Waals surface area contributed by atoms with E-state index in [-0.39, 0.29) is 0 Å². The van der Waals surface area contributed by atoms with Crippen LogP contribution >= 0.6 is 11.6 Å². The van der Waals surface area contributed by atoms with Gasteiger partial charge in [0.2, 0.25) is 5.95 Å². The smallest absolute Gasteiger partial charge is 0.222 e. The van der Waals surface area contributed by atoms with Crippen molar-refractivity contribution in [1.82, 2.24) is 14.9 Å². The van der Waals surface area contributed by atoms with Crippen molar-refractivity contribution in [3.05, 3.63) is 46.7 Å². The number of aliphatic hydroxyl groups is 1. The van der Waals surface area contributed by atoms with Crippen LogP contribution in [0.4, 0.5) is 11.6 Å². The number of anilines is 2. The summed E-state index contributed by atoms with van der Waals surface area (Å²) in [6.07, 6.45) is 5.57. The fraction of sp³-hybridized carbons (Fsp3) is 0.444. The van der Waals surface area contributed by atoms with Gasteiger partial charge in [0.25, 0.3) is 0 Å². The molecule has 1 unspecified atom stereocenters. The quantitative estimate of drug-likeness (QED) is 0.779. The normalized spacial score (nSPS) is 19.3. The Labute approximate surface area is 152 Å². The first-order valence-corrected chi connectivity index (χ1v) is 9.10. The predicted octanol–water partition coefficient (Wildman–Crippen LogP) is 2.67. The zero-order valence-electron chi connectivity index (χ0n) is 14.0. The first-order chi connectivity index (χ1) is 12.2. The minimum Gasteiger partial charge on any atom is -0.384 e. The molecule has 0 spiro atoms. The van der Waals surface area contributed by atoms with Crippen LogP contribution in [0, 0.1) is 0 Å². The molecule has 25 heavy (non-hydrogen) atoms. The molecule has 2 aliphatic rings. The van der Waals surface area contributed by atoms with Gasteiger partial charge in [-0.25, -0.2) is 9.97 Å². The molecule has 1 aromatic heterocycles. The van der Waals surface area contributed by atoms with E-state index in [1.54, 1.807) is 12.4 Å². The number of aliphatic hydroxyl groups excluding tert-OH is 1. The second kappa shape index (κ2) is 7.15. The largest absolute Gasteiger partial charge is 0.384 e. The molecule has 1 atom stereocenters. The van der Waals surface area contributed by atoms with E-state index in [2.05, 4.69) is 37.6 Å². The van der Waals surface area contributed by atoms with Crippen molar-refractivity contribution in [3.8, 4) is 0 Å². The van der Waals surface area contributed by atoms with E-state index in [4.69, 9.17) is 11.6 Å². The van der Waals surface area contributed by atoms with Crippen LogP contribution in [0.3, 0.4) is 0 Å². The Balaban J connectivity index is 1.34. The van der Waals surface area contributed by atoms with Crippen LogP contribution in [0.15, 0.2) is 30.6 Å². The van der Waals surface area contributed by atoms with E-state index in [0.717, 1.165) is 50.1 Å². The SMILES string of the molecule is OC(c1ccc2c(c1)NCC2)N1CCC(Nc2ncc(Cl)cn2)CC1. The summed E-state index contributed by atoms with van der Waals surface area (Å²) in [6, 6.07) is 6.56. The number of hydrogen-bond acceptors (Lipinski definition) is 6. The van der Waals surface area contributed by atoms with Gasteiger partial charge in [0.1, 0.15) is 6.23 Å². The molecular formula is C18H22ClN5O. The molecule has 7 heteroatoms. The monoisotopic (exact) mass is 359 g/mol. The molecule has 3 heterocycles. The third kappa shape index (κ3) is 3.71. The van der Waals surface area contributed by atoms with Crippen LogP contribution in [0.2, 0.25) is 5.02 Å². The lowest BCUT2D eigenvalue weighted by Gasteiger charge is -2.35. The summed E-state index contributed by atoms with van der Waals surface area (Å²) in [7, 11) is 0. The second-order valence-corrected chi connectivity index (χ2v) is 7.08. The van der Waals surface area contributed by atoms with Gasteiger partial charge < -0.3 is 15.7 Å². The molecular weight excluding hydrogens is 338 g/mol. The summed E-state index contributed by atoms with van der Waals surface area (Å²) < 4.78 is 0. The van der Waals surface area contributed by atoms with E-state index >= 15 is 0 Å². The first-order valence-electron chi connectivity index (χ1n) is 8.72. The van der Waals surface area contributed by atoms with Gasteiger partial charge in [-0.3, -0.25) is 4.90 Å². The number of fused-ring (bicyclic) bond motifs is 1. The molecule has 2 aliphatic heterocycles. The van der Waals surface area contributed by atoms with Crippen molar-refractivity contribution in [1.29, 1.82) is 0 Å². The number of nitrogens with zero attached hydrogens (tertiary/aromatic N) is 3. The fourth-order valence-corrected chi connectivity index (χ4v) is 3.64. The van der Waals surface area contributed by atoms with Crippen LogP contribution in [0.1, 0.15) is 30.2 Å². The minimum absolute atomic E-state index is 0.311. The molecule has 1 aromatic carbocycles. The molecule has 132 valence electrons. The van der Waals surface area contributed by atoms with Crippen molar-refractivity contribution in [2.45, 2.75) is 31.5 Å². The summed E-state index contributed by atoms with van der Waals surface area (Å²) in [6.45, 7) is 2.65. The van der Waals surface area contributed by atoms with Crippen molar-refractivity contribution in [3.63, 3.8) is 0 Å². The number of rotatable bonds is 4. The highest BCUT2D eigenvalue weighted by atomic mass is 35.5. The molecule has 4 rings (SSSR count). The number of halogens is 1. The number of likely N-dealkylation sites (tertiary alicyclic amines) is 1. The van der Waals surface area contributed by atoms with Crippen molar-refractivity contribution in [2.24, 2.45) is 0 Å². The van der Waals surface area contributed by atoms with Gasteiger partial charge in [0.05, 0.1) is 17.4 Å². The van der Waals surface area contributed by atoms with Crippen LogP contribution in [-0.4, -0.2) is 45.7 Å². The summed E-state index contributed by atoms with van der Waals surface area (Å²) in [4.78, 5) is 10.5. The van der Waals surface area contributed by atoms with E-state index < -0.39 is 6.23 Å². The number of nitrogens with one attached hydrogen (secondary N) is 2. The highest BCUT2D eigenvalue weighted by Crippen LogP contribution is 2.29. The lowest BCUT2D eigenvalue weighted by atomic mass is 10.0. The molecule has 1 saturated heterocycles. The summed E-state index contributed by atoms with van der Waals surface area (Å²) in [5.41, 5.74) is 3.45. The van der Waals surface area contributed by atoms with Gasteiger partial charge >= 0.3 is 0 Å². The second-order valence-electron chi connectivity index (χ2n) is 6.65. The van der Waals surface area contributed by atoms with E-state index in [1.807, 2.05) is 6.07 Å². The highest BCUT2D eigenvalue weighted by Gasteiger charge is 2.26. The predicted molar refractivity (Wildman–Crippen MR) is 98.9 cm³/mol. The van der Waals surface area contributed by atoms with Gasteiger partial charge in [-0.15, -0.1) is 0 Å². The van der Waals surface area contributed by atoms with Gasteiger partial charge in [-0.2, -0.15) is 0 Å². The maximum Gasteiger partial charge on any atom is 0.222 e. The third-order valence-electron chi connectivity index (χ3n) is 4.97. The molecule has 0 amide bonds. The Morgan fingerprint density at radius 3 is 2.76 bits per heavy atom. The maximum absolute atomic E-state index is 10.7. The lowest BCUT2D eigenvalue weighted by Crippen LogP contribution is -2.41. The number of aromatic nitrogens is 2. The molecule has 0 aliphatic carbocycles. The van der Waals surface area contributed by atoms with Crippen molar-refractivity contribution in [2.75, 3.05) is 30.3 Å². The van der Waals surface area contributed by atoms with Gasteiger partial charge in [0, 0.05) is 31.4 Å². The van der Waals surface area contributed by atoms with Gasteiger partial charge in [-0.05, 0) is 36.5 Å². The van der Waals surface area contributed by atoms with Crippen LogP contribution in [0.5, 0.6) is 0 Å². The molecule has 0 bridgehead atoms. The number of piperidine rings is 1. The Morgan fingerprint density at radius 1 is 1.24 bits per heavy atom. The van der Waals surface area contributed by atoms with Crippen molar-refractivity contribution >= 4 is 23.2 Å². The average Bonchev–Trinajstić information content (AvgIpc) is 3.11. The molecule has 1 fully saturated rings. The van der Waals surface area contributed by atoms with E-state index in [9.17, 15) is 5.11 Å². The molecule has 0 saturated carbocycles.